The first kappa shape index (κ1) is 53.8. The molecule has 0 bridgehead atoms. The number of hydrogen-bond donors (Lipinski definition) is 0. The van der Waals surface area contributed by atoms with Gasteiger partial charge >= 0.3 is 17.9 Å². The molecule has 11 rings (SSSR count). The number of para-hydroxylation sites is 3. The molecule has 1 fully saturated rings. The Labute approximate surface area is 454 Å². The van der Waals surface area contributed by atoms with Gasteiger partial charge in [-0.1, -0.05) is 153 Å². The maximum atomic E-state index is 11.8. The minimum absolute atomic E-state index is 0.0737. The van der Waals surface area contributed by atoms with E-state index in [2.05, 4.69) is 35.3 Å². The van der Waals surface area contributed by atoms with Gasteiger partial charge < -0.3 is 23.7 Å². The third kappa shape index (κ3) is 13.3. The maximum Gasteiger partial charge on any atom is 0.327 e. The van der Waals surface area contributed by atoms with E-state index in [1.165, 1.54) is 59.0 Å². The number of hydrogen-bond acceptors (Lipinski definition) is 11. The number of rotatable bonds is 16. The summed E-state index contributed by atoms with van der Waals surface area (Å²) < 4.78 is 31.5. The molecule has 1 aliphatic carbocycles. The Morgan fingerprint density at radius 2 is 0.910 bits per heavy atom. The summed E-state index contributed by atoms with van der Waals surface area (Å²) in [5.74, 6) is 1.38. The fourth-order valence-electron chi connectivity index (χ4n) is 9.73. The lowest BCUT2D eigenvalue weighted by atomic mass is 9.90. The molecule has 3 aromatic heterocycles. The Morgan fingerprint density at radius 1 is 0.474 bits per heavy atom. The van der Waals surface area contributed by atoms with Gasteiger partial charge in [0.05, 0.1) is 51.1 Å². The van der Waals surface area contributed by atoms with Crippen LogP contribution in [-0.2, 0) is 54.6 Å². The molecule has 0 spiro atoms. The minimum Gasteiger partial charge on any atom is -0.493 e. The topological polar surface area (TPSA) is 151 Å². The van der Waals surface area contributed by atoms with E-state index in [-0.39, 0.29) is 37.5 Å². The van der Waals surface area contributed by atoms with E-state index < -0.39 is 0 Å². The normalized spacial score (nSPS) is 12.3. The van der Waals surface area contributed by atoms with Gasteiger partial charge in [-0.3, -0.25) is 28.4 Å². The number of methoxy groups -OCH3 is 3. The van der Waals surface area contributed by atoms with Crippen molar-refractivity contribution in [1.82, 2.24) is 29.3 Å². The monoisotopic (exact) mass is 1040 g/mol. The van der Waals surface area contributed by atoms with E-state index in [0.29, 0.717) is 12.5 Å². The van der Waals surface area contributed by atoms with Crippen LogP contribution in [0, 0.1) is 12.8 Å². The largest absolute Gasteiger partial charge is 0.493 e. The second-order valence-electron chi connectivity index (χ2n) is 19.1. The fourth-order valence-corrected chi connectivity index (χ4v) is 9.73. The van der Waals surface area contributed by atoms with E-state index in [1.807, 2.05) is 158 Å². The van der Waals surface area contributed by atoms with Crippen LogP contribution in [0.2, 0.25) is 0 Å². The van der Waals surface area contributed by atoms with Gasteiger partial charge in [-0.05, 0) is 79.3 Å². The van der Waals surface area contributed by atoms with Crippen LogP contribution in [0.25, 0.3) is 66.5 Å². The second-order valence-corrected chi connectivity index (χ2v) is 19.1. The van der Waals surface area contributed by atoms with Crippen molar-refractivity contribution in [3.05, 3.63) is 187 Å². The lowest BCUT2D eigenvalue weighted by Crippen LogP contribution is -2.15. The van der Waals surface area contributed by atoms with Crippen LogP contribution < -0.4 is 9.47 Å². The Balaban J connectivity index is 0.000000144. The molecule has 0 unspecified atom stereocenters. The van der Waals surface area contributed by atoms with Crippen LogP contribution in [0.4, 0.5) is 0 Å². The standard InChI is InChI=1S/C24H22N2O3.C23H26N2O3.C17H16N2O2/c1-28-23(27)17-26-22-13-6-5-12-21(22)24(25-26)19-10-7-11-20(16-19)29-15-14-18-8-3-2-4-9-18;1-27-22(26)15-25-21-13-6-5-12-20(21)23(24-25)18-10-7-11-19(14-18)28-16-17-8-3-2-4-9-17;1-12-7-3-4-8-13(12)17-14-9-5-6-10-15(14)19(18-17)11-16(20)21-2/h2-13,16H,14-15,17H2,1H3;5-7,10-14,17H,2-4,8-9,15-16H2,1H3;3-10H,11H2,1-2H3. The molecular weight excluding hydrogens is 981 g/mol. The van der Waals surface area contributed by atoms with Gasteiger partial charge in [0.25, 0.3) is 0 Å². The van der Waals surface area contributed by atoms with Gasteiger partial charge in [-0.2, -0.15) is 15.3 Å². The van der Waals surface area contributed by atoms with Gasteiger partial charge in [-0.25, -0.2) is 0 Å². The molecule has 0 radical (unpaired) electrons. The van der Waals surface area contributed by atoms with Gasteiger partial charge in [0, 0.05) is 39.3 Å². The molecule has 398 valence electrons. The number of ether oxygens (including phenoxy) is 5. The highest BCUT2D eigenvalue weighted by molar-refractivity contribution is 5.96. The molecule has 0 aliphatic heterocycles. The fraction of sp³-hybridized carbons (Fsp3) is 0.250. The summed E-state index contributed by atoms with van der Waals surface area (Å²) in [6.07, 6.45) is 7.37. The van der Waals surface area contributed by atoms with Crippen molar-refractivity contribution in [1.29, 1.82) is 0 Å². The molecule has 78 heavy (non-hydrogen) atoms. The van der Waals surface area contributed by atoms with Crippen LogP contribution in [-0.4, -0.2) is 81.8 Å². The van der Waals surface area contributed by atoms with Crippen molar-refractivity contribution in [2.45, 2.75) is 65.1 Å². The van der Waals surface area contributed by atoms with Crippen LogP contribution in [0.5, 0.6) is 11.5 Å². The van der Waals surface area contributed by atoms with Crippen molar-refractivity contribution in [3.8, 4) is 45.3 Å². The van der Waals surface area contributed by atoms with Crippen molar-refractivity contribution in [2.75, 3.05) is 34.5 Å². The molecule has 0 saturated heterocycles. The van der Waals surface area contributed by atoms with E-state index in [0.717, 1.165) is 96.6 Å². The third-order valence-corrected chi connectivity index (χ3v) is 13.8. The molecule has 0 amide bonds. The number of aromatic nitrogens is 6. The van der Waals surface area contributed by atoms with Gasteiger partial charge in [0.2, 0.25) is 0 Å². The summed E-state index contributed by atoms with van der Waals surface area (Å²) in [4.78, 5) is 35.1. The molecule has 3 heterocycles. The van der Waals surface area contributed by atoms with Crippen molar-refractivity contribution in [3.63, 3.8) is 0 Å². The lowest BCUT2D eigenvalue weighted by molar-refractivity contribution is -0.142. The Morgan fingerprint density at radius 3 is 1.41 bits per heavy atom. The molecule has 0 atom stereocenters. The van der Waals surface area contributed by atoms with Gasteiger partial charge in [0.1, 0.15) is 48.2 Å². The minimum atomic E-state index is -0.331. The zero-order valence-corrected chi connectivity index (χ0v) is 44.5. The Hall–Kier alpha value is -9.04. The molecular formula is C64H64N6O8. The van der Waals surface area contributed by atoms with E-state index >= 15 is 0 Å². The first-order valence-corrected chi connectivity index (χ1v) is 26.3. The number of carbonyl (C=O) groups is 3. The van der Waals surface area contributed by atoms with E-state index in [4.69, 9.17) is 28.8 Å². The molecule has 10 aromatic rings. The predicted octanol–water partition coefficient (Wildman–Crippen LogP) is 12.5. The summed E-state index contributed by atoms with van der Waals surface area (Å²) in [7, 11) is 4.16. The van der Waals surface area contributed by atoms with Crippen molar-refractivity contribution >= 4 is 50.6 Å². The Bertz CT molecular complexity index is 3630. The number of aryl methyl sites for hydroxylation is 1. The summed E-state index contributed by atoms with van der Waals surface area (Å²) in [6, 6.07) is 58.1. The number of fused-ring (bicyclic) bond motifs is 3. The zero-order valence-electron chi connectivity index (χ0n) is 44.5. The molecule has 1 saturated carbocycles. The first-order valence-electron chi connectivity index (χ1n) is 26.3. The van der Waals surface area contributed by atoms with Gasteiger partial charge in [0.15, 0.2) is 0 Å². The smallest absolute Gasteiger partial charge is 0.327 e. The molecule has 0 N–H and O–H groups in total. The Kier molecular flexibility index (Phi) is 18.0. The number of benzene rings is 7. The van der Waals surface area contributed by atoms with Crippen LogP contribution in [0.1, 0.15) is 43.2 Å². The third-order valence-electron chi connectivity index (χ3n) is 13.8. The van der Waals surface area contributed by atoms with Gasteiger partial charge in [-0.15, -0.1) is 0 Å². The SMILES string of the molecule is COC(=O)Cn1nc(-c2cccc(OCC3CCCCC3)c2)c2ccccc21.COC(=O)Cn1nc(-c2cccc(OCCc3ccccc3)c2)c2ccccc21.COC(=O)Cn1nc(-c2ccccc2C)c2ccccc21. The van der Waals surface area contributed by atoms with E-state index in [1.54, 1.807) is 14.0 Å². The van der Waals surface area contributed by atoms with Crippen LogP contribution in [0.3, 0.4) is 0 Å². The summed E-state index contributed by atoms with van der Waals surface area (Å²) in [5, 5.41) is 17.0. The highest BCUT2D eigenvalue weighted by Gasteiger charge is 2.19. The summed E-state index contributed by atoms with van der Waals surface area (Å²) in [5.41, 5.74) is 10.7. The maximum absolute atomic E-state index is 11.8. The first-order chi connectivity index (χ1) is 38.2. The molecule has 14 heteroatoms. The predicted molar refractivity (Wildman–Crippen MR) is 304 cm³/mol. The average Bonchev–Trinajstić information content (AvgIpc) is 4.23. The van der Waals surface area contributed by atoms with Crippen LogP contribution in [0.15, 0.2) is 176 Å². The molecule has 1 aliphatic rings. The van der Waals surface area contributed by atoms with Crippen molar-refractivity contribution in [2.24, 2.45) is 5.92 Å². The molecule has 7 aromatic carbocycles. The number of carbonyl (C=O) groups excluding carboxylic acids is 3. The average molecular weight is 1050 g/mol. The highest BCUT2D eigenvalue weighted by atomic mass is 16.5. The van der Waals surface area contributed by atoms with Crippen LogP contribution >= 0.6 is 0 Å². The highest BCUT2D eigenvalue weighted by Crippen LogP contribution is 2.34. The zero-order chi connectivity index (χ0) is 54.2. The quantitative estimate of drug-likeness (QED) is 0.0672. The summed E-state index contributed by atoms with van der Waals surface area (Å²) in [6.45, 7) is 3.72. The van der Waals surface area contributed by atoms with Crippen molar-refractivity contribution < 1.29 is 38.1 Å². The molecule has 14 nitrogen and oxygen atoms in total. The summed E-state index contributed by atoms with van der Waals surface area (Å²) >= 11 is 0. The van der Waals surface area contributed by atoms with E-state index in [9.17, 15) is 14.4 Å². The number of esters is 3. The lowest BCUT2D eigenvalue weighted by Gasteiger charge is -2.21. The second kappa shape index (κ2) is 26.1. The number of nitrogens with zero attached hydrogens (tertiary/aromatic N) is 6.